The summed E-state index contributed by atoms with van der Waals surface area (Å²) < 4.78 is 6.80. The smallest absolute Gasteiger partial charge is 0.319 e. The van der Waals surface area contributed by atoms with Crippen LogP contribution in [0.15, 0.2) is 6.07 Å². The Bertz CT molecular complexity index is 361. The van der Waals surface area contributed by atoms with Gasteiger partial charge in [-0.15, -0.1) is 0 Å². The summed E-state index contributed by atoms with van der Waals surface area (Å²) in [6.45, 7) is 8.22. The van der Waals surface area contributed by atoms with Crippen molar-refractivity contribution in [3.8, 4) is 0 Å². The van der Waals surface area contributed by atoms with Gasteiger partial charge >= 0.3 is 5.97 Å². The van der Waals surface area contributed by atoms with E-state index in [4.69, 9.17) is 4.74 Å². The van der Waals surface area contributed by atoms with Gasteiger partial charge in [0.15, 0.2) is 0 Å². The molecular weight excluding hydrogens is 218 g/mol. The van der Waals surface area contributed by atoms with E-state index in [0.29, 0.717) is 6.61 Å². The first kappa shape index (κ1) is 13.7. The molecule has 1 rings (SSSR count). The predicted octanol–water partition coefficient (Wildman–Crippen LogP) is 1.04. The minimum atomic E-state index is -0.196. The molecule has 0 atom stereocenters. The SMILES string of the molecule is CCOC(=O)CNCCCn1nc(C)cc1C. The number of nitrogens with zero attached hydrogens (tertiary/aromatic N) is 2. The fourth-order valence-electron chi connectivity index (χ4n) is 1.66. The van der Waals surface area contributed by atoms with E-state index in [2.05, 4.69) is 16.5 Å². The first-order valence-electron chi connectivity index (χ1n) is 6.01. The fourth-order valence-corrected chi connectivity index (χ4v) is 1.66. The van der Waals surface area contributed by atoms with Crippen LogP contribution in [-0.2, 0) is 16.1 Å². The molecule has 1 aromatic heterocycles. The Balaban J connectivity index is 2.12. The largest absolute Gasteiger partial charge is 0.465 e. The maximum absolute atomic E-state index is 11.0. The number of carbonyl (C=O) groups excluding carboxylic acids is 1. The lowest BCUT2D eigenvalue weighted by molar-refractivity contribution is -0.141. The number of esters is 1. The van der Waals surface area contributed by atoms with Gasteiger partial charge in [-0.1, -0.05) is 0 Å². The second kappa shape index (κ2) is 7.06. The van der Waals surface area contributed by atoms with Gasteiger partial charge in [0, 0.05) is 12.2 Å². The molecule has 1 heterocycles. The molecule has 0 aliphatic rings. The number of nitrogens with one attached hydrogen (secondary N) is 1. The number of hydrogen-bond donors (Lipinski definition) is 1. The molecule has 0 saturated heterocycles. The number of ether oxygens (including phenoxy) is 1. The topological polar surface area (TPSA) is 56.1 Å². The highest BCUT2D eigenvalue weighted by Crippen LogP contribution is 2.01. The Morgan fingerprint density at radius 1 is 1.53 bits per heavy atom. The van der Waals surface area contributed by atoms with E-state index < -0.39 is 0 Å². The third-order valence-corrected chi connectivity index (χ3v) is 2.40. The molecule has 0 unspecified atom stereocenters. The Labute approximate surface area is 102 Å². The molecule has 0 fully saturated rings. The van der Waals surface area contributed by atoms with Gasteiger partial charge in [0.2, 0.25) is 0 Å². The van der Waals surface area contributed by atoms with Crippen molar-refractivity contribution in [3.63, 3.8) is 0 Å². The fraction of sp³-hybridized carbons (Fsp3) is 0.667. The van der Waals surface area contributed by atoms with E-state index in [1.54, 1.807) is 6.92 Å². The van der Waals surface area contributed by atoms with Crippen molar-refractivity contribution in [2.45, 2.75) is 33.7 Å². The Morgan fingerprint density at radius 3 is 2.88 bits per heavy atom. The normalized spacial score (nSPS) is 10.5. The van der Waals surface area contributed by atoms with Crippen molar-refractivity contribution in [1.29, 1.82) is 0 Å². The molecule has 5 heteroatoms. The lowest BCUT2D eigenvalue weighted by Gasteiger charge is -2.06. The monoisotopic (exact) mass is 239 g/mol. The zero-order valence-electron chi connectivity index (χ0n) is 10.8. The zero-order valence-corrected chi connectivity index (χ0v) is 10.8. The summed E-state index contributed by atoms with van der Waals surface area (Å²) in [6.07, 6.45) is 0.946. The molecule has 0 aliphatic heterocycles. The number of aromatic nitrogens is 2. The Hall–Kier alpha value is -1.36. The van der Waals surface area contributed by atoms with Crippen LogP contribution in [0.2, 0.25) is 0 Å². The summed E-state index contributed by atoms with van der Waals surface area (Å²) in [7, 11) is 0. The zero-order chi connectivity index (χ0) is 12.7. The lowest BCUT2D eigenvalue weighted by Crippen LogP contribution is -2.26. The Kier molecular flexibility index (Phi) is 5.69. The highest BCUT2D eigenvalue weighted by atomic mass is 16.5. The predicted molar refractivity (Wildman–Crippen MR) is 65.8 cm³/mol. The molecule has 0 bridgehead atoms. The van der Waals surface area contributed by atoms with Crippen molar-refractivity contribution < 1.29 is 9.53 Å². The van der Waals surface area contributed by atoms with Crippen LogP contribution in [0.4, 0.5) is 0 Å². The van der Waals surface area contributed by atoms with Crippen LogP contribution in [0.3, 0.4) is 0 Å². The molecule has 5 nitrogen and oxygen atoms in total. The van der Waals surface area contributed by atoms with E-state index in [1.807, 2.05) is 18.5 Å². The molecule has 0 amide bonds. The van der Waals surface area contributed by atoms with Gasteiger partial charge in [0.05, 0.1) is 18.8 Å². The van der Waals surface area contributed by atoms with Gasteiger partial charge in [-0.3, -0.25) is 9.48 Å². The molecule has 0 aromatic carbocycles. The van der Waals surface area contributed by atoms with Gasteiger partial charge in [-0.2, -0.15) is 5.10 Å². The molecule has 1 N–H and O–H groups in total. The standard InChI is InChI=1S/C12H21N3O2/c1-4-17-12(16)9-13-6-5-7-15-11(3)8-10(2)14-15/h8,13H,4-7,9H2,1-3H3. The van der Waals surface area contributed by atoms with Crippen LogP contribution in [0.1, 0.15) is 24.7 Å². The summed E-state index contributed by atoms with van der Waals surface area (Å²) in [6, 6.07) is 2.06. The molecule has 1 aromatic rings. The molecule has 0 spiro atoms. The quantitative estimate of drug-likeness (QED) is 0.570. The van der Waals surface area contributed by atoms with Gasteiger partial charge < -0.3 is 10.1 Å². The average Bonchev–Trinajstić information content (AvgIpc) is 2.57. The highest BCUT2D eigenvalue weighted by molar-refractivity contribution is 5.71. The van der Waals surface area contributed by atoms with Crippen LogP contribution >= 0.6 is 0 Å². The molecule has 96 valence electrons. The van der Waals surface area contributed by atoms with Gasteiger partial charge in [0.1, 0.15) is 0 Å². The molecular formula is C12H21N3O2. The van der Waals surface area contributed by atoms with Gasteiger partial charge in [-0.25, -0.2) is 0 Å². The van der Waals surface area contributed by atoms with Crippen molar-refractivity contribution in [2.24, 2.45) is 0 Å². The minimum Gasteiger partial charge on any atom is -0.465 e. The van der Waals surface area contributed by atoms with E-state index in [-0.39, 0.29) is 12.5 Å². The van der Waals surface area contributed by atoms with Crippen LogP contribution in [-0.4, -0.2) is 35.4 Å². The third-order valence-electron chi connectivity index (χ3n) is 2.40. The first-order valence-corrected chi connectivity index (χ1v) is 6.01. The van der Waals surface area contributed by atoms with Crippen molar-refractivity contribution in [1.82, 2.24) is 15.1 Å². The summed E-state index contributed by atoms with van der Waals surface area (Å²) >= 11 is 0. The van der Waals surface area contributed by atoms with Crippen LogP contribution in [0, 0.1) is 13.8 Å². The summed E-state index contributed by atoms with van der Waals surface area (Å²) in [5, 5.41) is 7.42. The summed E-state index contributed by atoms with van der Waals surface area (Å²) in [5.74, 6) is -0.196. The number of rotatable bonds is 7. The van der Waals surface area contributed by atoms with Gasteiger partial charge in [-0.05, 0) is 39.8 Å². The molecule has 0 saturated carbocycles. The second-order valence-electron chi connectivity index (χ2n) is 3.99. The van der Waals surface area contributed by atoms with Crippen molar-refractivity contribution >= 4 is 5.97 Å². The first-order chi connectivity index (χ1) is 8.13. The lowest BCUT2D eigenvalue weighted by atomic mass is 10.4. The highest BCUT2D eigenvalue weighted by Gasteiger charge is 2.01. The Morgan fingerprint density at radius 2 is 2.29 bits per heavy atom. The second-order valence-corrected chi connectivity index (χ2v) is 3.99. The maximum atomic E-state index is 11.0. The third kappa shape index (κ3) is 4.99. The number of hydrogen-bond acceptors (Lipinski definition) is 4. The van der Waals surface area contributed by atoms with E-state index in [9.17, 15) is 4.79 Å². The molecule has 0 aliphatic carbocycles. The van der Waals surface area contributed by atoms with Crippen LogP contribution < -0.4 is 5.32 Å². The van der Waals surface area contributed by atoms with Crippen LogP contribution in [0.5, 0.6) is 0 Å². The van der Waals surface area contributed by atoms with Crippen molar-refractivity contribution in [2.75, 3.05) is 19.7 Å². The average molecular weight is 239 g/mol. The number of aryl methyl sites for hydroxylation is 3. The number of carbonyl (C=O) groups is 1. The van der Waals surface area contributed by atoms with Crippen molar-refractivity contribution in [3.05, 3.63) is 17.5 Å². The summed E-state index contributed by atoms with van der Waals surface area (Å²) in [4.78, 5) is 11.0. The van der Waals surface area contributed by atoms with Gasteiger partial charge in [0.25, 0.3) is 0 Å². The van der Waals surface area contributed by atoms with E-state index >= 15 is 0 Å². The summed E-state index contributed by atoms with van der Waals surface area (Å²) in [5.41, 5.74) is 2.22. The van der Waals surface area contributed by atoms with E-state index in [1.165, 1.54) is 5.69 Å². The van der Waals surface area contributed by atoms with Crippen LogP contribution in [0.25, 0.3) is 0 Å². The molecule has 17 heavy (non-hydrogen) atoms. The minimum absolute atomic E-state index is 0.196. The van der Waals surface area contributed by atoms with E-state index in [0.717, 1.165) is 25.2 Å². The molecule has 0 radical (unpaired) electrons. The maximum Gasteiger partial charge on any atom is 0.319 e.